The van der Waals surface area contributed by atoms with Crippen LogP contribution in [0.15, 0.2) is 35.0 Å². The van der Waals surface area contributed by atoms with Crippen LogP contribution >= 0.6 is 11.6 Å². The lowest BCUT2D eigenvalue weighted by Gasteiger charge is -2.09. The van der Waals surface area contributed by atoms with Gasteiger partial charge in [-0.2, -0.15) is 0 Å². The van der Waals surface area contributed by atoms with Gasteiger partial charge in [-0.1, -0.05) is 29.8 Å². The molecular formula is C14H14ClFN2O3. The number of carbonyl (C=O) groups excluding carboxylic acids is 2. The van der Waals surface area contributed by atoms with Crippen LogP contribution in [0.25, 0.3) is 0 Å². The Morgan fingerprint density at radius 2 is 2.14 bits per heavy atom. The molecule has 2 N–H and O–H groups in total. The highest BCUT2D eigenvalue weighted by Gasteiger charge is 2.19. The van der Waals surface area contributed by atoms with E-state index in [0.717, 1.165) is 0 Å². The molecule has 0 saturated heterocycles. The third-order valence-electron chi connectivity index (χ3n) is 2.50. The van der Waals surface area contributed by atoms with Crippen molar-refractivity contribution in [3.8, 4) is 0 Å². The quantitative estimate of drug-likeness (QED) is 0.266. The summed E-state index contributed by atoms with van der Waals surface area (Å²) in [6.45, 7) is 1.67. The van der Waals surface area contributed by atoms with Crippen molar-refractivity contribution < 1.29 is 18.7 Å². The Kier molecular flexibility index (Phi) is 6.55. The van der Waals surface area contributed by atoms with Gasteiger partial charge in [0.2, 0.25) is 0 Å². The Hall–Kier alpha value is -2.21. The van der Waals surface area contributed by atoms with E-state index in [1.54, 1.807) is 25.1 Å². The lowest BCUT2D eigenvalue weighted by Crippen LogP contribution is -2.23. The molecule has 0 aromatic heterocycles. The molecule has 21 heavy (non-hydrogen) atoms. The van der Waals surface area contributed by atoms with Crippen LogP contribution in [0.1, 0.15) is 12.5 Å². The third kappa shape index (κ3) is 4.68. The Labute approximate surface area is 126 Å². The molecule has 0 heterocycles. The fourth-order valence-corrected chi connectivity index (χ4v) is 1.65. The maximum Gasteiger partial charge on any atom is 0.357 e. The zero-order valence-corrected chi connectivity index (χ0v) is 12.0. The van der Waals surface area contributed by atoms with Gasteiger partial charge in [0.25, 0.3) is 0 Å². The number of hydrogen-bond acceptors (Lipinski definition) is 5. The molecule has 1 aromatic rings. The van der Waals surface area contributed by atoms with Gasteiger partial charge in [0.15, 0.2) is 12.0 Å². The minimum atomic E-state index is -0.953. The predicted octanol–water partition coefficient (Wildman–Crippen LogP) is 2.15. The summed E-state index contributed by atoms with van der Waals surface area (Å²) in [4.78, 5) is 22.4. The molecule has 5 nitrogen and oxygen atoms in total. The van der Waals surface area contributed by atoms with Crippen LogP contribution in [0, 0.1) is 11.2 Å². The normalized spacial score (nSPS) is 11.4. The molecule has 0 amide bonds. The van der Waals surface area contributed by atoms with Crippen LogP contribution in [0.5, 0.6) is 0 Å². The molecule has 0 saturated carbocycles. The lowest BCUT2D eigenvalue weighted by molar-refractivity contribution is -0.135. The first-order chi connectivity index (χ1) is 10.0. The number of carbonyl (C=O) groups is 2. The van der Waals surface area contributed by atoms with E-state index in [2.05, 4.69) is 10.1 Å². The summed E-state index contributed by atoms with van der Waals surface area (Å²) < 4.78 is 18.0. The smallest absolute Gasteiger partial charge is 0.357 e. The second-order valence-electron chi connectivity index (χ2n) is 3.89. The number of ether oxygens (including phenoxy) is 1. The standard InChI is InChI=1S/C14H14ClFN2O3/c1-2-21-14(20)12(17)10(8-19)13(15)18-7-9-5-3-4-6-11(9)16/h3-6,8,17-18H,2,7H2,1H3/b13-10-,17-12?. The fraction of sp³-hybridized carbons (Fsp3) is 0.214. The number of hydrogen-bond donors (Lipinski definition) is 2. The van der Waals surface area contributed by atoms with Crippen molar-refractivity contribution in [2.24, 2.45) is 0 Å². The van der Waals surface area contributed by atoms with Gasteiger partial charge in [-0.15, -0.1) is 0 Å². The first kappa shape index (κ1) is 16.8. The zero-order valence-electron chi connectivity index (χ0n) is 11.3. The molecule has 0 fully saturated rings. The van der Waals surface area contributed by atoms with E-state index in [0.29, 0.717) is 5.56 Å². The number of aldehydes is 1. The number of halogens is 2. The number of nitrogens with one attached hydrogen (secondary N) is 2. The molecule has 0 radical (unpaired) electrons. The van der Waals surface area contributed by atoms with Crippen LogP contribution in [0.3, 0.4) is 0 Å². The largest absolute Gasteiger partial charge is 0.461 e. The van der Waals surface area contributed by atoms with E-state index < -0.39 is 17.5 Å². The maximum atomic E-state index is 13.4. The van der Waals surface area contributed by atoms with Crippen LogP contribution in [-0.4, -0.2) is 24.6 Å². The highest BCUT2D eigenvalue weighted by Crippen LogP contribution is 2.11. The Balaban J connectivity index is 2.84. The van der Waals surface area contributed by atoms with Crippen molar-refractivity contribution in [2.75, 3.05) is 6.61 Å². The maximum absolute atomic E-state index is 13.4. The molecule has 112 valence electrons. The third-order valence-corrected chi connectivity index (χ3v) is 2.83. The summed E-state index contributed by atoms with van der Waals surface area (Å²) in [5.74, 6) is -1.38. The Morgan fingerprint density at radius 3 is 2.71 bits per heavy atom. The Bertz CT molecular complexity index is 587. The highest BCUT2D eigenvalue weighted by atomic mass is 35.5. The summed E-state index contributed by atoms with van der Waals surface area (Å²) in [5.41, 5.74) is -0.659. The monoisotopic (exact) mass is 312 g/mol. The van der Waals surface area contributed by atoms with Crippen molar-refractivity contribution in [3.63, 3.8) is 0 Å². The van der Waals surface area contributed by atoms with Crippen molar-refractivity contribution >= 4 is 29.6 Å². The summed E-state index contributed by atoms with van der Waals surface area (Å²) >= 11 is 5.85. The number of benzene rings is 1. The van der Waals surface area contributed by atoms with Gasteiger partial charge in [-0.05, 0) is 13.0 Å². The molecule has 0 aliphatic carbocycles. The molecule has 0 aliphatic rings. The van der Waals surface area contributed by atoms with Crippen molar-refractivity contribution in [2.45, 2.75) is 13.5 Å². The van der Waals surface area contributed by atoms with Crippen molar-refractivity contribution in [1.29, 1.82) is 5.41 Å². The zero-order chi connectivity index (χ0) is 15.8. The molecule has 0 unspecified atom stereocenters. The highest BCUT2D eigenvalue weighted by molar-refractivity contribution is 6.49. The van der Waals surface area contributed by atoms with Crippen LogP contribution in [0.4, 0.5) is 4.39 Å². The van der Waals surface area contributed by atoms with E-state index >= 15 is 0 Å². The average Bonchev–Trinajstić information content (AvgIpc) is 2.47. The topological polar surface area (TPSA) is 79.2 Å². The second-order valence-corrected chi connectivity index (χ2v) is 4.26. The SMILES string of the molecule is CCOC(=O)C(=N)/C(C=O)=C(/Cl)NCc1ccccc1F. The lowest BCUT2D eigenvalue weighted by atomic mass is 10.2. The molecule has 1 aromatic carbocycles. The van der Waals surface area contributed by atoms with Gasteiger partial charge in [-0.25, -0.2) is 9.18 Å². The van der Waals surface area contributed by atoms with E-state index in [4.69, 9.17) is 17.0 Å². The van der Waals surface area contributed by atoms with E-state index in [9.17, 15) is 14.0 Å². The summed E-state index contributed by atoms with van der Waals surface area (Å²) in [6.07, 6.45) is 0.274. The van der Waals surface area contributed by atoms with Gasteiger partial charge < -0.3 is 10.1 Å². The van der Waals surface area contributed by atoms with Gasteiger partial charge >= 0.3 is 5.97 Å². The molecule has 0 atom stereocenters. The van der Waals surface area contributed by atoms with Crippen LogP contribution in [0.2, 0.25) is 0 Å². The number of rotatable bonds is 7. The molecule has 0 bridgehead atoms. The summed E-state index contributed by atoms with van der Waals surface area (Å²) in [5, 5.41) is 9.93. The minimum Gasteiger partial charge on any atom is -0.461 e. The first-order valence-electron chi connectivity index (χ1n) is 6.09. The molecule has 0 spiro atoms. The molecule has 7 heteroatoms. The minimum absolute atomic E-state index is 0.0128. The second kappa shape index (κ2) is 8.16. The molecule has 0 aliphatic heterocycles. The van der Waals surface area contributed by atoms with Crippen molar-refractivity contribution in [1.82, 2.24) is 5.32 Å². The Morgan fingerprint density at radius 1 is 1.48 bits per heavy atom. The van der Waals surface area contributed by atoms with Gasteiger partial charge in [0, 0.05) is 12.1 Å². The van der Waals surface area contributed by atoms with E-state index in [1.165, 1.54) is 6.07 Å². The fourth-order valence-electron chi connectivity index (χ4n) is 1.44. The van der Waals surface area contributed by atoms with Crippen molar-refractivity contribution in [3.05, 3.63) is 46.4 Å². The van der Waals surface area contributed by atoms with Crippen LogP contribution in [-0.2, 0) is 20.9 Å². The molecular weight excluding hydrogens is 299 g/mol. The van der Waals surface area contributed by atoms with E-state index in [1.807, 2.05) is 0 Å². The first-order valence-corrected chi connectivity index (χ1v) is 6.47. The average molecular weight is 313 g/mol. The number of esters is 1. The summed E-state index contributed by atoms with van der Waals surface area (Å²) in [6, 6.07) is 6.03. The summed E-state index contributed by atoms with van der Waals surface area (Å²) in [7, 11) is 0. The predicted molar refractivity (Wildman–Crippen MR) is 76.5 cm³/mol. The van der Waals surface area contributed by atoms with E-state index in [-0.39, 0.29) is 30.2 Å². The van der Waals surface area contributed by atoms with Gasteiger partial charge in [0.1, 0.15) is 11.0 Å². The van der Waals surface area contributed by atoms with Gasteiger partial charge in [-0.3, -0.25) is 10.2 Å². The van der Waals surface area contributed by atoms with Crippen LogP contribution < -0.4 is 5.32 Å². The van der Waals surface area contributed by atoms with Gasteiger partial charge in [0.05, 0.1) is 12.2 Å². The molecule has 1 rings (SSSR count).